The number of primary amides is 1. The first-order valence-corrected chi connectivity index (χ1v) is 48.7. The van der Waals surface area contributed by atoms with Crippen LogP contribution in [0.25, 0.3) is 43.6 Å². The molecule has 16 amide bonds. The van der Waals surface area contributed by atoms with E-state index >= 15 is 33.6 Å². The van der Waals surface area contributed by atoms with Crippen LogP contribution in [0.1, 0.15) is 162 Å². The van der Waals surface area contributed by atoms with Crippen LogP contribution >= 0.6 is 0 Å². The third-order valence-electron chi connectivity index (χ3n) is 24.8. The van der Waals surface area contributed by atoms with E-state index in [1.54, 1.807) is 117 Å². The molecule has 4 heterocycles. The van der Waals surface area contributed by atoms with Crippen LogP contribution in [-0.4, -0.2) is 255 Å². The summed E-state index contributed by atoms with van der Waals surface area (Å²) >= 11 is 0. The third kappa shape index (κ3) is 35.4. The first kappa shape index (κ1) is 115. The van der Waals surface area contributed by atoms with E-state index in [0.29, 0.717) is 78.7 Å². The molecule has 0 saturated heterocycles. The molecule has 8 aromatic rings. The van der Waals surface area contributed by atoms with Gasteiger partial charge >= 0.3 is 0 Å². The van der Waals surface area contributed by atoms with E-state index < -0.39 is 203 Å². The lowest BCUT2D eigenvalue weighted by Crippen LogP contribution is -2.61. The van der Waals surface area contributed by atoms with E-state index in [4.69, 9.17) is 50.6 Å². The number of carbonyl (C=O) groups is 16. The van der Waals surface area contributed by atoms with Crippen molar-refractivity contribution in [1.82, 2.24) is 116 Å². The minimum Gasteiger partial charge on any atom is -0.370 e. The SMILES string of the molecule is CC[C@H](C)[C@H](N)C(=O)N[C@@H](CC(C)C)C(=O)N[C@@H](CCCNC(=N)N)C(=O)N[C@@H](Cc1c[nH]c2ccccc12)C(=O)N[C@@H](C)C(=O)N[C@@H](Cc1c[nH]c2ccccc12)C(=O)N[C@@H](CCCCN)C(=O)N[C@@H](C)C(=O)N[C@@H](Cc1c[nH]c2ccccc12)C(=O)N[C@@H](CCCNC(=N)N)C(=O)N[C@@H](CCCNC(=N)N)C(=O)N[C@@H](Cc1c[nH]c2ccccc12)C(=O)N[C@@H](C)C(=O)N[C@@H](C)C(=O)N[C@@H](C)C(=O)N[C@@H](C)C(N)=O. The number of unbranched alkanes of at least 4 members (excludes halogenated alkanes) is 1. The highest BCUT2D eigenvalue weighted by Crippen LogP contribution is 2.26. The van der Waals surface area contributed by atoms with E-state index in [9.17, 15) is 43.2 Å². The van der Waals surface area contributed by atoms with Gasteiger partial charge in [0.15, 0.2) is 17.9 Å². The summed E-state index contributed by atoms with van der Waals surface area (Å²) in [6.45, 7) is 15.6. The van der Waals surface area contributed by atoms with Gasteiger partial charge in [0.1, 0.15) is 90.6 Å². The van der Waals surface area contributed by atoms with Crippen LogP contribution in [0.2, 0.25) is 0 Å². The maximum Gasteiger partial charge on any atom is 0.243 e. The number of hydrogen-bond donors (Lipinski definition) is 31. The molecule has 4 aromatic carbocycles. The lowest BCUT2D eigenvalue weighted by molar-refractivity contribution is -0.136. The van der Waals surface area contributed by atoms with Crippen molar-refractivity contribution in [2.75, 3.05) is 26.2 Å². The monoisotopic (exact) mass is 2010 g/mol. The van der Waals surface area contributed by atoms with Gasteiger partial charge < -0.3 is 150 Å². The van der Waals surface area contributed by atoms with Gasteiger partial charge in [-0.15, -0.1) is 0 Å². The predicted molar refractivity (Wildman–Crippen MR) is 547 cm³/mol. The van der Waals surface area contributed by atoms with Crippen molar-refractivity contribution in [2.24, 2.45) is 46.2 Å². The molecule has 0 fully saturated rings. The first-order valence-electron chi connectivity index (χ1n) is 48.7. The van der Waals surface area contributed by atoms with Crippen LogP contribution in [0.4, 0.5) is 0 Å². The number of aromatic amines is 4. The molecule has 0 aliphatic rings. The molecule has 47 heteroatoms. The normalized spacial score (nSPS) is 14.8. The van der Waals surface area contributed by atoms with Crippen LogP contribution in [0.15, 0.2) is 122 Å². The first-order chi connectivity index (χ1) is 68.9. The Morgan fingerprint density at radius 3 is 0.793 bits per heavy atom. The number of guanidine groups is 3. The van der Waals surface area contributed by atoms with Gasteiger partial charge in [-0.1, -0.05) is 107 Å². The number of fused-ring (bicyclic) bond motifs is 4. The van der Waals surface area contributed by atoms with Crippen LogP contribution in [0, 0.1) is 28.1 Å². The summed E-state index contributed by atoms with van der Waals surface area (Å²) in [4.78, 5) is 243. The van der Waals surface area contributed by atoms with Crippen LogP contribution in [0.5, 0.6) is 0 Å². The van der Waals surface area contributed by atoms with Crippen molar-refractivity contribution in [3.63, 3.8) is 0 Å². The molecule has 0 saturated carbocycles. The molecule has 0 aliphatic heterocycles. The molecule has 0 spiro atoms. The number of nitrogens with one attached hydrogen (secondary N) is 25. The van der Waals surface area contributed by atoms with Crippen LogP contribution < -0.4 is 130 Å². The number of hydrogen-bond acceptors (Lipinski definition) is 21. The van der Waals surface area contributed by atoms with Gasteiger partial charge in [0.05, 0.1) is 6.04 Å². The average Bonchev–Trinajstić information content (AvgIpc) is 1.69. The van der Waals surface area contributed by atoms with Gasteiger partial charge in [-0.25, -0.2) is 0 Å². The minimum absolute atomic E-state index is 0.00612. The average molecular weight is 2010 g/mol. The van der Waals surface area contributed by atoms with Gasteiger partial charge in [0.2, 0.25) is 94.5 Å². The molecule has 786 valence electrons. The number of para-hydroxylation sites is 4. The Balaban J connectivity index is 1.04. The number of amides is 16. The Morgan fingerprint density at radius 1 is 0.290 bits per heavy atom. The number of nitrogens with two attached hydrogens (primary N) is 6. The summed E-state index contributed by atoms with van der Waals surface area (Å²) < 4.78 is 0. The van der Waals surface area contributed by atoms with Crippen molar-refractivity contribution in [1.29, 1.82) is 16.2 Å². The summed E-state index contributed by atoms with van der Waals surface area (Å²) in [5, 5.41) is 74.4. The maximum absolute atomic E-state index is 15.4. The second kappa shape index (κ2) is 56.2. The highest BCUT2D eigenvalue weighted by Gasteiger charge is 2.39. The smallest absolute Gasteiger partial charge is 0.243 e. The van der Waals surface area contributed by atoms with E-state index in [1.165, 1.54) is 41.5 Å². The van der Waals surface area contributed by atoms with Gasteiger partial charge in [-0.05, 0) is 171 Å². The van der Waals surface area contributed by atoms with Crippen molar-refractivity contribution < 1.29 is 76.7 Å². The fourth-order valence-electron chi connectivity index (χ4n) is 16.1. The summed E-state index contributed by atoms with van der Waals surface area (Å²) in [5.74, 6) is -15.2. The second-order valence-corrected chi connectivity index (χ2v) is 36.9. The van der Waals surface area contributed by atoms with Crippen molar-refractivity contribution in [3.05, 3.63) is 144 Å². The molecule has 0 aliphatic carbocycles. The zero-order valence-electron chi connectivity index (χ0n) is 83.4. The summed E-state index contributed by atoms with van der Waals surface area (Å²) in [6.07, 6.45) is 6.66. The summed E-state index contributed by atoms with van der Waals surface area (Å²) in [7, 11) is 0. The molecule has 0 bridgehead atoms. The molecule has 0 unspecified atom stereocenters. The molecule has 145 heavy (non-hydrogen) atoms. The van der Waals surface area contributed by atoms with Gasteiger partial charge in [-0.3, -0.25) is 92.9 Å². The molecule has 37 N–H and O–H groups in total. The van der Waals surface area contributed by atoms with E-state index in [-0.39, 0.29) is 127 Å². The minimum atomic E-state index is -1.59. The largest absolute Gasteiger partial charge is 0.370 e. The topological polar surface area (TPSA) is 780 Å². The lowest BCUT2D eigenvalue weighted by Gasteiger charge is -2.28. The Hall–Kier alpha value is -15.7. The van der Waals surface area contributed by atoms with Gasteiger partial charge in [0, 0.05) is 114 Å². The standard InChI is InChI=1S/C98H143N31O16/c1-11-51(4)79(100)95(145)129-74(41-50(2)3)92(142)123-73(36-24-40-110-98(106)107)89(139)128-76(43-59-47-112-67-30-17-13-26-63(59)67)91(141)120-57(10)85(135)126-77(44-60-48-113-68-31-18-14-27-64(60)68)93(143)122-70(33-20-21-37-99)86(136)118-56(9)84(134)125-78(45-61-49-114-69-32-19-15-28-65(61)69)94(144)124-71(34-22-38-108-96(102)103)87(137)121-72(35-23-39-109-97(104)105)88(138)127-75(42-58-46-111-66-29-16-12-25-62(58)66)90(140)119-55(8)83(133)117-54(7)82(132)116-53(6)81(131)115-52(5)80(101)130/h12-19,25-32,46-57,70-79,111-114H,11,20-24,33-45,99-100H2,1-10H3,(H2,101,130)(H,115,131)(H,116,132)(H,117,133)(H,118,136)(H,119,140)(H,120,141)(H,121,137)(H,122,143)(H,123,142)(H,124,144)(H,125,134)(H,126,135)(H,127,138)(H,128,139)(H,129,145)(H4,102,103,108)(H4,104,105,109)(H4,106,107,110)/t51-,52-,53-,54-,55-,56-,57-,70-,71-,72-,73-,74-,75-,76-,77-,78-,79-/m0/s1. The predicted octanol–water partition coefficient (Wildman–Crippen LogP) is -1.90. The van der Waals surface area contributed by atoms with Crippen LogP contribution in [-0.2, 0) is 102 Å². The Morgan fingerprint density at radius 2 is 0.517 bits per heavy atom. The van der Waals surface area contributed by atoms with Crippen molar-refractivity contribution >= 4 is 156 Å². The molecular formula is C98H143N31O16. The second-order valence-electron chi connectivity index (χ2n) is 36.9. The Labute approximate surface area is 839 Å². The fraction of sp³-hybridized carbons (Fsp3) is 0.480. The van der Waals surface area contributed by atoms with E-state index in [0.717, 1.165) is 0 Å². The summed E-state index contributed by atoms with van der Waals surface area (Å²) in [5.41, 5.74) is 39.4. The van der Waals surface area contributed by atoms with E-state index in [2.05, 4.69) is 116 Å². The van der Waals surface area contributed by atoms with Gasteiger partial charge in [0.25, 0.3) is 0 Å². The van der Waals surface area contributed by atoms with Crippen molar-refractivity contribution in [3.8, 4) is 0 Å². The molecule has 17 atom stereocenters. The number of carbonyl (C=O) groups excluding carboxylic acids is 16. The number of rotatable bonds is 59. The van der Waals surface area contributed by atoms with Crippen LogP contribution in [0.3, 0.4) is 0 Å². The fourth-order valence-corrected chi connectivity index (χ4v) is 16.1. The number of benzene rings is 4. The van der Waals surface area contributed by atoms with E-state index in [1.807, 2.05) is 32.9 Å². The zero-order valence-corrected chi connectivity index (χ0v) is 83.4. The maximum atomic E-state index is 15.4. The zero-order chi connectivity index (χ0) is 106. The highest BCUT2D eigenvalue weighted by molar-refractivity contribution is 6.03. The quantitative estimate of drug-likeness (QED) is 0.0112. The lowest BCUT2D eigenvalue weighted by atomic mass is 9.97. The molecular weight excluding hydrogens is 1870 g/mol. The third-order valence-corrected chi connectivity index (χ3v) is 24.8. The number of H-pyrrole nitrogens is 4. The number of aromatic nitrogens is 4. The Bertz CT molecular complexity index is 5870. The molecule has 8 rings (SSSR count). The molecule has 4 aromatic heterocycles. The summed E-state index contributed by atoms with van der Waals surface area (Å²) in [6, 6.07) is 6.40. The molecule has 0 radical (unpaired) electrons. The van der Waals surface area contributed by atoms with Crippen molar-refractivity contribution in [2.45, 2.75) is 262 Å². The van der Waals surface area contributed by atoms with Gasteiger partial charge in [-0.2, -0.15) is 0 Å². The Kier molecular flexibility index (Phi) is 44.4. The molecule has 47 nitrogen and oxygen atoms in total. The highest BCUT2D eigenvalue weighted by atomic mass is 16.2.